The van der Waals surface area contributed by atoms with Gasteiger partial charge >= 0.3 is 5.97 Å². The summed E-state index contributed by atoms with van der Waals surface area (Å²) in [6.07, 6.45) is 13.7. The molecule has 0 unspecified atom stereocenters. The maximum Gasteiger partial charge on any atom is 0.303 e. The van der Waals surface area contributed by atoms with Gasteiger partial charge < -0.3 is 9.84 Å². The summed E-state index contributed by atoms with van der Waals surface area (Å²) >= 11 is 0. The Morgan fingerprint density at radius 1 is 1.10 bits per heavy atom. The van der Waals surface area contributed by atoms with Gasteiger partial charge in [-0.3, -0.25) is 14.6 Å². The number of carboxylic acid groups (broad SMARTS) is 1. The molecule has 4 atom stereocenters. The quantitative estimate of drug-likeness (QED) is 0.291. The number of Topliss-reactive ketones (excluding diaryl/α,β-unsaturated/α-hetero) is 1. The molecule has 2 bridgehead atoms. The summed E-state index contributed by atoms with van der Waals surface area (Å²) in [4.78, 5) is 27.1. The number of hydrogen-bond donors (Lipinski definition) is 1. The number of ketones is 1. The number of aliphatic carboxylic acids is 1. The van der Waals surface area contributed by atoms with Gasteiger partial charge in [-0.15, -0.1) is 0 Å². The standard InChI is InChI=1S/C25H33NO4/c27-20(18-19-8-4-3-5-9-19)14-16-26-17-15-22-21(23-12-13-24(22)30-23)10-6-1-2-7-11-25(28)29/h1,3-6,8-9,16,21-24H,2,7,10-15,17-18H2,(H,28,29)/t21-,22+,23-,24+/m0/s1. The van der Waals surface area contributed by atoms with Crippen LogP contribution in [-0.4, -0.2) is 41.8 Å². The Morgan fingerprint density at radius 2 is 1.87 bits per heavy atom. The summed E-state index contributed by atoms with van der Waals surface area (Å²) in [6.45, 7) is 0.745. The fourth-order valence-corrected chi connectivity index (χ4v) is 4.72. The molecule has 1 aromatic rings. The highest BCUT2D eigenvalue weighted by Gasteiger charge is 2.47. The van der Waals surface area contributed by atoms with E-state index in [1.165, 1.54) is 0 Å². The number of carboxylic acids is 1. The molecule has 2 fully saturated rings. The molecule has 2 aliphatic heterocycles. The molecule has 1 N–H and O–H groups in total. The molecule has 5 heteroatoms. The van der Waals surface area contributed by atoms with Crippen molar-refractivity contribution >= 4 is 18.0 Å². The van der Waals surface area contributed by atoms with Gasteiger partial charge in [-0.05, 0) is 55.9 Å². The molecule has 162 valence electrons. The fraction of sp³-hybridized carbons (Fsp3) is 0.560. The van der Waals surface area contributed by atoms with Crippen LogP contribution in [0.2, 0.25) is 0 Å². The number of hydrogen-bond acceptors (Lipinski definition) is 4. The molecule has 30 heavy (non-hydrogen) atoms. The van der Waals surface area contributed by atoms with Gasteiger partial charge in [0.1, 0.15) is 5.78 Å². The fourth-order valence-electron chi connectivity index (χ4n) is 4.72. The van der Waals surface area contributed by atoms with Crippen LogP contribution in [0.5, 0.6) is 0 Å². The summed E-state index contributed by atoms with van der Waals surface area (Å²) < 4.78 is 6.15. The van der Waals surface area contributed by atoms with E-state index in [9.17, 15) is 9.59 Å². The number of fused-ring (bicyclic) bond motifs is 2. The molecule has 3 rings (SSSR count). The monoisotopic (exact) mass is 411 g/mol. The van der Waals surface area contributed by atoms with Crippen LogP contribution in [0.15, 0.2) is 47.5 Å². The van der Waals surface area contributed by atoms with Gasteiger partial charge in [-0.2, -0.15) is 0 Å². The van der Waals surface area contributed by atoms with Crippen molar-refractivity contribution in [3.8, 4) is 0 Å². The van der Waals surface area contributed by atoms with Crippen LogP contribution >= 0.6 is 0 Å². The van der Waals surface area contributed by atoms with E-state index in [-0.39, 0.29) is 12.2 Å². The Labute approximate surface area is 179 Å². The molecule has 5 nitrogen and oxygen atoms in total. The van der Waals surface area contributed by atoms with Crippen molar-refractivity contribution in [3.63, 3.8) is 0 Å². The van der Waals surface area contributed by atoms with E-state index in [0.29, 0.717) is 43.3 Å². The molecule has 2 heterocycles. The van der Waals surface area contributed by atoms with E-state index in [0.717, 1.165) is 44.2 Å². The largest absolute Gasteiger partial charge is 0.481 e. The Kier molecular flexibility index (Phi) is 8.81. The van der Waals surface area contributed by atoms with E-state index in [1.807, 2.05) is 30.3 Å². The number of nitrogens with zero attached hydrogens (tertiary/aromatic N) is 1. The van der Waals surface area contributed by atoms with Crippen LogP contribution < -0.4 is 0 Å². The number of benzene rings is 1. The maximum absolute atomic E-state index is 12.1. The lowest BCUT2D eigenvalue weighted by molar-refractivity contribution is -0.137. The van der Waals surface area contributed by atoms with Crippen LogP contribution in [0, 0.1) is 11.8 Å². The minimum atomic E-state index is -0.729. The van der Waals surface area contributed by atoms with Crippen LogP contribution in [-0.2, 0) is 20.7 Å². The molecule has 0 saturated carbocycles. The maximum atomic E-state index is 12.1. The van der Waals surface area contributed by atoms with E-state index in [1.54, 1.807) is 6.21 Å². The lowest BCUT2D eigenvalue weighted by Gasteiger charge is -2.26. The zero-order valence-electron chi connectivity index (χ0n) is 17.6. The zero-order valence-corrected chi connectivity index (χ0v) is 17.6. The number of allylic oxidation sites excluding steroid dienone is 2. The summed E-state index contributed by atoms with van der Waals surface area (Å²) in [5, 5.41) is 8.70. The first-order valence-corrected chi connectivity index (χ1v) is 11.2. The molecule has 0 amide bonds. The lowest BCUT2D eigenvalue weighted by atomic mass is 9.76. The highest BCUT2D eigenvalue weighted by Crippen LogP contribution is 2.46. The molecular formula is C25H33NO4. The highest BCUT2D eigenvalue weighted by molar-refractivity contribution is 5.92. The molecule has 2 saturated heterocycles. The predicted molar refractivity (Wildman–Crippen MR) is 118 cm³/mol. The Balaban J connectivity index is 1.36. The Morgan fingerprint density at radius 3 is 2.63 bits per heavy atom. The van der Waals surface area contributed by atoms with Crippen LogP contribution in [0.4, 0.5) is 0 Å². The van der Waals surface area contributed by atoms with Crippen molar-refractivity contribution in [2.24, 2.45) is 16.8 Å². The Bertz CT molecular complexity index is 743. The van der Waals surface area contributed by atoms with Gasteiger partial charge in [0.2, 0.25) is 0 Å². The van der Waals surface area contributed by atoms with Crippen molar-refractivity contribution in [3.05, 3.63) is 48.0 Å². The summed E-state index contributed by atoms with van der Waals surface area (Å²) in [6, 6.07) is 9.82. The first-order valence-electron chi connectivity index (χ1n) is 11.2. The summed E-state index contributed by atoms with van der Waals surface area (Å²) in [7, 11) is 0. The van der Waals surface area contributed by atoms with E-state index in [2.05, 4.69) is 17.1 Å². The zero-order chi connectivity index (χ0) is 21.2. The van der Waals surface area contributed by atoms with Gasteiger partial charge in [0.15, 0.2) is 0 Å². The molecule has 2 aliphatic rings. The van der Waals surface area contributed by atoms with Gasteiger partial charge in [-0.1, -0.05) is 42.5 Å². The minimum absolute atomic E-state index is 0.194. The third-order valence-corrected chi connectivity index (χ3v) is 6.21. The smallest absolute Gasteiger partial charge is 0.303 e. The number of rotatable bonds is 13. The van der Waals surface area contributed by atoms with Gasteiger partial charge in [0.25, 0.3) is 0 Å². The van der Waals surface area contributed by atoms with Crippen LogP contribution in [0.3, 0.4) is 0 Å². The van der Waals surface area contributed by atoms with E-state index < -0.39 is 5.97 Å². The van der Waals surface area contributed by atoms with Crippen molar-refractivity contribution in [1.29, 1.82) is 0 Å². The van der Waals surface area contributed by atoms with Crippen molar-refractivity contribution in [2.45, 2.75) is 70.0 Å². The third kappa shape index (κ3) is 6.91. The van der Waals surface area contributed by atoms with Crippen LogP contribution in [0.1, 0.15) is 56.9 Å². The van der Waals surface area contributed by atoms with Crippen molar-refractivity contribution < 1.29 is 19.4 Å². The van der Waals surface area contributed by atoms with E-state index >= 15 is 0 Å². The molecule has 1 aromatic carbocycles. The average Bonchev–Trinajstić information content (AvgIpc) is 3.33. The summed E-state index contributed by atoms with van der Waals surface area (Å²) in [5.74, 6) is 0.533. The average molecular weight is 412 g/mol. The first kappa shape index (κ1) is 22.4. The second-order valence-corrected chi connectivity index (χ2v) is 8.39. The van der Waals surface area contributed by atoms with Gasteiger partial charge in [-0.25, -0.2) is 0 Å². The minimum Gasteiger partial charge on any atom is -0.481 e. The third-order valence-electron chi connectivity index (χ3n) is 6.21. The predicted octanol–water partition coefficient (Wildman–Crippen LogP) is 4.64. The highest BCUT2D eigenvalue weighted by atomic mass is 16.5. The van der Waals surface area contributed by atoms with Gasteiger partial charge in [0.05, 0.1) is 12.2 Å². The molecule has 0 radical (unpaired) electrons. The molecule has 0 spiro atoms. The number of carbonyl (C=O) groups excluding carboxylic acids is 1. The lowest BCUT2D eigenvalue weighted by Crippen LogP contribution is -2.27. The molecule has 0 aliphatic carbocycles. The summed E-state index contributed by atoms with van der Waals surface area (Å²) in [5.41, 5.74) is 1.05. The number of carbonyl (C=O) groups is 2. The first-order chi connectivity index (χ1) is 14.6. The number of ether oxygens (including phenoxy) is 1. The van der Waals surface area contributed by atoms with Gasteiger partial charge in [0, 0.05) is 32.0 Å². The number of unbranched alkanes of at least 4 members (excludes halogenated alkanes) is 1. The second kappa shape index (κ2) is 11.8. The molecular weight excluding hydrogens is 378 g/mol. The van der Waals surface area contributed by atoms with Crippen molar-refractivity contribution in [2.75, 3.05) is 6.54 Å². The van der Waals surface area contributed by atoms with Crippen LogP contribution in [0.25, 0.3) is 0 Å². The Hall–Kier alpha value is -2.27. The second-order valence-electron chi connectivity index (χ2n) is 8.39. The number of aliphatic imine (C=N–C) groups is 1. The SMILES string of the molecule is O=C(O)CCCC=CC[C@H]1[C@@H](CCN=CCC(=O)Cc2ccccc2)[C@H]2CC[C@@H]1O2. The normalized spacial score (nSPS) is 25.5. The van der Waals surface area contributed by atoms with Crippen molar-refractivity contribution in [1.82, 2.24) is 0 Å². The topological polar surface area (TPSA) is 76.0 Å². The van der Waals surface area contributed by atoms with E-state index in [4.69, 9.17) is 9.84 Å². The molecule has 0 aromatic heterocycles.